The van der Waals surface area contributed by atoms with E-state index < -0.39 is 0 Å². The zero-order valence-electron chi connectivity index (χ0n) is 9.82. The smallest absolute Gasteiger partial charge is 0.0992 e. The zero-order chi connectivity index (χ0) is 11.4. The molecule has 0 aromatic heterocycles. The molecule has 0 spiro atoms. The monoisotopic (exact) mass is 214 g/mol. The van der Waals surface area contributed by atoms with Gasteiger partial charge < -0.3 is 4.90 Å². The van der Waals surface area contributed by atoms with Gasteiger partial charge in [-0.15, -0.1) is 0 Å². The molecule has 0 bridgehead atoms. The van der Waals surface area contributed by atoms with E-state index in [1.165, 1.54) is 25.7 Å². The molecule has 1 aliphatic carbocycles. The Bertz CT molecular complexity index is 386. The molecule has 1 aliphatic rings. The number of anilines is 1. The summed E-state index contributed by atoms with van der Waals surface area (Å²) in [6.45, 7) is 1.12. The Labute approximate surface area is 97.5 Å². The van der Waals surface area contributed by atoms with Gasteiger partial charge in [0, 0.05) is 19.3 Å². The molecule has 0 amide bonds. The molecule has 2 rings (SSSR count). The van der Waals surface area contributed by atoms with Gasteiger partial charge in [-0.25, -0.2) is 0 Å². The highest BCUT2D eigenvalue weighted by Gasteiger charge is 2.16. The highest BCUT2D eigenvalue weighted by atomic mass is 15.1. The van der Waals surface area contributed by atoms with Gasteiger partial charge in [-0.2, -0.15) is 5.26 Å². The predicted molar refractivity (Wildman–Crippen MR) is 66.4 cm³/mol. The summed E-state index contributed by atoms with van der Waals surface area (Å²) in [7, 11) is 2.12. The maximum atomic E-state index is 8.86. The molecule has 0 radical (unpaired) electrons. The van der Waals surface area contributed by atoms with Gasteiger partial charge >= 0.3 is 0 Å². The molecule has 84 valence electrons. The Morgan fingerprint density at radius 3 is 2.81 bits per heavy atom. The molecule has 1 aromatic carbocycles. The molecule has 0 unspecified atom stereocenters. The van der Waals surface area contributed by atoms with Crippen molar-refractivity contribution in [3.05, 3.63) is 29.8 Å². The molecule has 0 heterocycles. The highest BCUT2D eigenvalue weighted by molar-refractivity contribution is 5.50. The maximum Gasteiger partial charge on any atom is 0.0992 e. The summed E-state index contributed by atoms with van der Waals surface area (Å²) in [6.07, 6.45) is 5.50. The van der Waals surface area contributed by atoms with Crippen LogP contribution in [-0.2, 0) is 0 Å². The number of hydrogen-bond donors (Lipinski definition) is 0. The van der Waals surface area contributed by atoms with Gasteiger partial charge in [0.15, 0.2) is 0 Å². The Balaban J connectivity index is 2.02. The van der Waals surface area contributed by atoms with Crippen LogP contribution in [0.1, 0.15) is 31.2 Å². The summed E-state index contributed by atoms with van der Waals surface area (Å²) in [4.78, 5) is 2.27. The van der Waals surface area contributed by atoms with Crippen molar-refractivity contribution in [1.82, 2.24) is 0 Å². The highest BCUT2D eigenvalue weighted by Crippen LogP contribution is 2.26. The van der Waals surface area contributed by atoms with Crippen LogP contribution in [0.4, 0.5) is 5.69 Å². The van der Waals surface area contributed by atoms with Gasteiger partial charge in [0.25, 0.3) is 0 Å². The van der Waals surface area contributed by atoms with Crippen molar-refractivity contribution >= 4 is 5.69 Å². The van der Waals surface area contributed by atoms with Crippen LogP contribution in [0.3, 0.4) is 0 Å². The summed E-state index contributed by atoms with van der Waals surface area (Å²) in [5.41, 5.74) is 1.90. The molecular weight excluding hydrogens is 196 g/mol. The molecule has 0 aliphatic heterocycles. The minimum atomic E-state index is 0.746. The second kappa shape index (κ2) is 5.03. The summed E-state index contributed by atoms with van der Waals surface area (Å²) in [5, 5.41) is 8.86. The second-order valence-corrected chi connectivity index (χ2v) is 4.69. The normalized spacial score (nSPS) is 16.0. The molecule has 1 saturated carbocycles. The molecule has 1 fully saturated rings. The largest absolute Gasteiger partial charge is 0.374 e. The quantitative estimate of drug-likeness (QED) is 0.772. The molecule has 1 aromatic rings. The molecule has 16 heavy (non-hydrogen) atoms. The molecule has 2 nitrogen and oxygen atoms in total. The average molecular weight is 214 g/mol. The Hall–Kier alpha value is -1.49. The van der Waals surface area contributed by atoms with Crippen molar-refractivity contribution in [2.24, 2.45) is 5.92 Å². The standard InChI is InChI=1S/C14H18N2/c1-16(11-12-5-2-3-6-12)14-8-4-7-13(9-14)10-15/h4,7-9,12H,2-3,5-6,11H2,1H3. The molecule has 0 atom stereocenters. The van der Waals surface area contributed by atoms with Gasteiger partial charge in [-0.3, -0.25) is 0 Å². The summed E-state index contributed by atoms with van der Waals surface area (Å²) >= 11 is 0. The lowest BCUT2D eigenvalue weighted by atomic mass is 10.1. The molecular formula is C14H18N2. The fourth-order valence-corrected chi connectivity index (χ4v) is 2.50. The minimum absolute atomic E-state index is 0.746. The lowest BCUT2D eigenvalue weighted by Crippen LogP contribution is -2.23. The Morgan fingerprint density at radius 2 is 2.12 bits per heavy atom. The van der Waals surface area contributed by atoms with Crippen LogP contribution < -0.4 is 4.90 Å². The van der Waals surface area contributed by atoms with Crippen LogP contribution in [0, 0.1) is 17.2 Å². The SMILES string of the molecule is CN(CC1CCCC1)c1cccc(C#N)c1. The van der Waals surface area contributed by atoms with E-state index in [2.05, 4.69) is 24.1 Å². The van der Waals surface area contributed by atoms with Gasteiger partial charge in [0.2, 0.25) is 0 Å². The van der Waals surface area contributed by atoms with Crippen LogP contribution in [0.15, 0.2) is 24.3 Å². The van der Waals surface area contributed by atoms with Crippen molar-refractivity contribution in [3.8, 4) is 6.07 Å². The second-order valence-electron chi connectivity index (χ2n) is 4.69. The first kappa shape index (κ1) is 11.0. The first-order chi connectivity index (χ1) is 7.79. The zero-order valence-corrected chi connectivity index (χ0v) is 9.82. The predicted octanol–water partition coefficient (Wildman–Crippen LogP) is 3.18. The average Bonchev–Trinajstić information content (AvgIpc) is 2.82. The van der Waals surface area contributed by atoms with Crippen LogP contribution in [0.25, 0.3) is 0 Å². The minimum Gasteiger partial charge on any atom is -0.374 e. The van der Waals surface area contributed by atoms with Gasteiger partial charge in [0.1, 0.15) is 0 Å². The van der Waals surface area contributed by atoms with E-state index in [0.717, 1.165) is 23.7 Å². The molecule has 0 N–H and O–H groups in total. The fraction of sp³-hybridized carbons (Fsp3) is 0.500. The van der Waals surface area contributed by atoms with E-state index in [4.69, 9.17) is 5.26 Å². The van der Waals surface area contributed by atoms with Crippen LogP contribution in [0.5, 0.6) is 0 Å². The summed E-state index contributed by atoms with van der Waals surface area (Å²) in [5.74, 6) is 0.843. The number of nitriles is 1. The number of benzene rings is 1. The Morgan fingerprint density at radius 1 is 1.38 bits per heavy atom. The van der Waals surface area contributed by atoms with E-state index in [1.807, 2.05) is 18.2 Å². The first-order valence-corrected chi connectivity index (χ1v) is 6.01. The van der Waals surface area contributed by atoms with Crippen molar-refractivity contribution in [2.45, 2.75) is 25.7 Å². The van der Waals surface area contributed by atoms with E-state index >= 15 is 0 Å². The summed E-state index contributed by atoms with van der Waals surface area (Å²) < 4.78 is 0. The van der Waals surface area contributed by atoms with Crippen molar-refractivity contribution in [2.75, 3.05) is 18.5 Å². The topological polar surface area (TPSA) is 27.0 Å². The number of nitrogens with zero attached hydrogens (tertiary/aromatic N) is 2. The molecule has 0 saturated heterocycles. The van der Waals surface area contributed by atoms with Crippen LogP contribution >= 0.6 is 0 Å². The lowest BCUT2D eigenvalue weighted by molar-refractivity contribution is 0.547. The van der Waals surface area contributed by atoms with E-state index in [9.17, 15) is 0 Å². The molecule has 2 heteroatoms. The third-order valence-corrected chi connectivity index (χ3v) is 3.42. The maximum absolute atomic E-state index is 8.86. The van der Waals surface area contributed by atoms with E-state index in [1.54, 1.807) is 0 Å². The van der Waals surface area contributed by atoms with Crippen molar-refractivity contribution in [3.63, 3.8) is 0 Å². The van der Waals surface area contributed by atoms with Crippen molar-refractivity contribution in [1.29, 1.82) is 5.26 Å². The summed E-state index contributed by atoms with van der Waals surface area (Å²) in [6, 6.07) is 10.0. The third-order valence-electron chi connectivity index (χ3n) is 3.42. The third kappa shape index (κ3) is 2.55. The van der Waals surface area contributed by atoms with E-state index in [0.29, 0.717) is 0 Å². The lowest BCUT2D eigenvalue weighted by Gasteiger charge is -2.23. The van der Waals surface area contributed by atoms with Gasteiger partial charge in [-0.05, 0) is 37.0 Å². The van der Waals surface area contributed by atoms with Crippen molar-refractivity contribution < 1.29 is 0 Å². The van der Waals surface area contributed by atoms with Gasteiger partial charge in [-0.1, -0.05) is 18.9 Å². The van der Waals surface area contributed by atoms with Gasteiger partial charge in [0.05, 0.1) is 11.6 Å². The number of hydrogen-bond acceptors (Lipinski definition) is 2. The first-order valence-electron chi connectivity index (χ1n) is 6.01. The van der Waals surface area contributed by atoms with Crippen LogP contribution in [0.2, 0.25) is 0 Å². The van der Waals surface area contributed by atoms with E-state index in [-0.39, 0.29) is 0 Å². The Kier molecular flexibility index (Phi) is 3.46. The fourth-order valence-electron chi connectivity index (χ4n) is 2.50. The van der Waals surface area contributed by atoms with Crippen LogP contribution in [-0.4, -0.2) is 13.6 Å². The number of rotatable bonds is 3.